The summed E-state index contributed by atoms with van der Waals surface area (Å²) in [4.78, 5) is 4.17. The van der Waals surface area contributed by atoms with E-state index in [1.165, 1.54) is 5.56 Å². The molecule has 0 saturated heterocycles. The van der Waals surface area contributed by atoms with Crippen molar-refractivity contribution >= 4 is 5.65 Å². The molecule has 0 unspecified atom stereocenters. The molecule has 27 heavy (non-hydrogen) atoms. The lowest BCUT2D eigenvalue weighted by atomic mass is 10.0. The van der Waals surface area contributed by atoms with E-state index >= 15 is 0 Å². The maximum absolute atomic E-state index is 5.46. The average molecular weight is 360 g/mol. The van der Waals surface area contributed by atoms with Crippen LogP contribution >= 0.6 is 0 Å². The number of methoxy groups -OCH3 is 2. The predicted octanol–water partition coefficient (Wildman–Crippen LogP) is 3.59. The van der Waals surface area contributed by atoms with E-state index in [9.17, 15) is 0 Å². The van der Waals surface area contributed by atoms with Gasteiger partial charge in [0.15, 0.2) is 5.65 Å². The summed E-state index contributed by atoms with van der Waals surface area (Å²) in [5.74, 6) is 1.49. The highest BCUT2D eigenvalue weighted by molar-refractivity contribution is 5.77. The molecule has 0 radical (unpaired) electrons. The Morgan fingerprint density at radius 1 is 0.963 bits per heavy atom. The average Bonchev–Trinajstić information content (AvgIpc) is 3.22. The summed E-state index contributed by atoms with van der Waals surface area (Å²) < 4.78 is 12.7. The van der Waals surface area contributed by atoms with Crippen LogP contribution in [0.3, 0.4) is 0 Å². The molecule has 4 aromatic rings. The highest BCUT2D eigenvalue weighted by Gasteiger charge is 2.12. The van der Waals surface area contributed by atoms with Crippen molar-refractivity contribution < 1.29 is 9.47 Å². The molecule has 0 fully saturated rings. The lowest BCUT2D eigenvalue weighted by Crippen LogP contribution is -2.01. The minimum Gasteiger partial charge on any atom is -0.496 e. The van der Waals surface area contributed by atoms with Crippen molar-refractivity contribution in [2.75, 3.05) is 14.2 Å². The number of aryl methyl sites for hydroxylation is 2. The number of hydrogen-bond donors (Lipinski definition) is 0. The molecule has 0 aliphatic carbocycles. The van der Waals surface area contributed by atoms with Gasteiger partial charge in [0.2, 0.25) is 5.88 Å². The van der Waals surface area contributed by atoms with Crippen LogP contribution in [0, 0.1) is 0 Å². The molecule has 1 aromatic carbocycles. The first kappa shape index (κ1) is 17.0. The molecule has 0 amide bonds. The standard InChI is InChI=1S/C21H20N4O2/c1-26-19-6-4-3-5-15(19)7-8-17-9-10-18(21-24-23-14-25(17)21)16-11-12-22-20(13-16)27-2/h3-6,9-14H,7-8H2,1-2H3. The van der Waals surface area contributed by atoms with Crippen molar-refractivity contribution in [3.8, 4) is 22.8 Å². The smallest absolute Gasteiger partial charge is 0.213 e. The molecule has 0 saturated carbocycles. The Bertz CT molecular complexity index is 1070. The number of para-hydroxylation sites is 1. The second-order valence-corrected chi connectivity index (χ2v) is 6.16. The molecule has 6 nitrogen and oxygen atoms in total. The molecule has 3 heterocycles. The van der Waals surface area contributed by atoms with E-state index in [0.717, 1.165) is 41.1 Å². The van der Waals surface area contributed by atoms with Gasteiger partial charge in [-0.25, -0.2) is 4.98 Å². The molecule has 0 atom stereocenters. The number of hydrogen-bond acceptors (Lipinski definition) is 5. The molecular formula is C21H20N4O2. The van der Waals surface area contributed by atoms with E-state index in [0.29, 0.717) is 5.88 Å². The fourth-order valence-corrected chi connectivity index (χ4v) is 3.25. The third-order valence-electron chi connectivity index (χ3n) is 4.64. The summed E-state index contributed by atoms with van der Waals surface area (Å²) in [7, 11) is 3.31. The molecule has 0 aliphatic rings. The largest absolute Gasteiger partial charge is 0.496 e. The lowest BCUT2D eigenvalue weighted by Gasteiger charge is -2.11. The number of pyridine rings is 2. The zero-order valence-electron chi connectivity index (χ0n) is 15.3. The van der Waals surface area contributed by atoms with Gasteiger partial charge in [-0.15, -0.1) is 10.2 Å². The number of ether oxygens (including phenoxy) is 2. The topological polar surface area (TPSA) is 61.5 Å². The molecule has 0 spiro atoms. The van der Waals surface area contributed by atoms with Crippen LogP contribution in [0.2, 0.25) is 0 Å². The van der Waals surface area contributed by atoms with Crippen LogP contribution in [0.5, 0.6) is 11.6 Å². The van der Waals surface area contributed by atoms with Gasteiger partial charge in [-0.1, -0.05) is 18.2 Å². The van der Waals surface area contributed by atoms with Crippen LogP contribution < -0.4 is 9.47 Å². The highest BCUT2D eigenvalue weighted by Crippen LogP contribution is 2.27. The van der Waals surface area contributed by atoms with E-state index < -0.39 is 0 Å². The summed E-state index contributed by atoms with van der Waals surface area (Å²) in [5.41, 5.74) is 5.14. The molecule has 136 valence electrons. The second kappa shape index (κ2) is 7.45. The molecule has 0 aliphatic heterocycles. The Balaban J connectivity index is 1.67. The van der Waals surface area contributed by atoms with Gasteiger partial charge in [0, 0.05) is 23.5 Å². The third kappa shape index (κ3) is 3.33. The van der Waals surface area contributed by atoms with Crippen LogP contribution in [-0.4, -0.2) is 33.8 Å². The summed E-state index contributed by atoms with van der Waals surface area (Å²) in [6.07, 6.45) is 5.22. The summed E-state index contributed by atoms with van der Waals surface area (Å²) >= 11 is 0. The number of nitrogens with zero attached hydrogens (tertiary/aromatic N) is 4. The SMILES string of the molecule is COc1cc(-c2ccc(CCc3ccccc3OC)n3cnnc23)ccn1. The monoisotopic (exact) mass is 360 g/mol. The fraction of sp³-hybridized carbons (Fsp3) is 0.190. The third-order valence-corrected chi connectivity index (χ3v) is 4.64. The summed E-state index contributed by atoms with van der Waals surface area (Å²) in [6.45, 7) is 0. The lowest BCUT2D eigenvalue weighted by molar-refractivity contribution is 0.398. The number of aromatic nitrogens is 4. The van der Waals surface area contributed by atoms with Crippen LogP contribution in [0.1, 0.15) is 11.3 Å². The first-order valence-corrected chi connectivity index (χ1v) is 8.74. The fourth-order valence-electron chi connectivity index (χ4n) is 3.25. The van der Waals surface area contributed by atoms with Crippen LogP contribution in [0.4, 0.5) is 0 Å². The van der Waals surface area contributed by atoms with Crippen molar-refractivity contribution in [3.05, 3.63) is 72.3 Å². The van der Waals surface area contributed by atoms with Crippen LogP contribution in [-0.2, 0) is 12.8 Å². The van der Waals surface area contributed by atoms with Gasteiger partial charge in [0.1, 0.15) is 12.1 Å². The molecule has 0 N–H and O–H groups in total. The Morgan fingerprint density at radius 3 is 2.70 bits per heavy atom. The maximum Gasteiger partial charge on any atom is 0.213 e. The van der Waals surface area contributed by atoms with Gasteiger partial charge in [-0.05, 0) is 48.2 Å². The second-order valence-electron chi connectivity index (χ2n) is 6.16. The first-order chi connectivity index (χ1) is 13.3. The Labute approximate surface area is 157 Å². The van der Waals surface area contributed by atoms with E-state index in [1.54, 1.807) is 26.7 Å². The molecular weight excluding hydrogens is 340 g/mol. The van der Waals surface area contributed by atoms with Gasteiger partial charge < -0.3 is 9.47 Å². The Kier molecular flexibility index (Phi) is 4.70. The van der Waals surface area contributed by atoms with E-state index in [1.807, 2.05) is 34.7 Å². The van der Waals surface area contributed by atoms with Gasteiger partial charge >= 0.3 is 0 Å². The van der Waals surface area contributed by atoms with Crippen molar-refractivity contribution in [3.63, 3.8) is 0 Å². The molecule has 0 bridgehead atoms. The van der Waals surface area contributed by atoms with E-state index in [-0.39, 0.29) is 0 Å². The normalized spacial score (nSPS) is 10.9. The van der Waals surface area contributed by atoms with Crippen molar-refractivity contribution in [2.24, 2.45) is 0 Å². The van der Waals surface area contributed by atoms with Crippen LogP contribution in [0.15, 0.2) is 61.1 Å². The van der Waals surface area contributed by atoms with Gasteiger partial charge in [0.25, 0.3) is 0 Å². The Hall–Kier alpha value is -3.41. The van der Waals surface area contributed by atoms with Gasteiger partial charge in [0.05, 0.1) is 14.2 Å². The van der Waals surface area contributed by atoms with Crippen molar-refractivity contribution in [1.29, 1.82) is 0 Å². The van der Waals surface area contributed by atoms with Crippen molar-refractivity contribution in [1.82, 2.24) is 19.6 Å². The summed E-state index contributed by atoms with van der Waals surface area (Å²) in [5, 5.41) is 8.45. The van der Waals surface area contributed by atoms with Gasteiger partial charge in [-0.2, -0.15) is 0 Å². The molecule has 3 aromatic heterocycles. The first-order valence-electron chi connectivity index (χ1n) is 8.74. The zero-order chi connectivity index (χ0) is 18.6. The molecule has 6 heteroatoms. The quantitative estimate of drug-likeness (QED) is 0.526. The number of benzene rings is 1. The maximum atomic E-state index is 5.46. The summed E-state index contributed by atoms with van der Waals surface area (Å²) in [6, 6.07) is 16.2. The number of rotatable bonds is 6. The minimum atomic E-state index is 0.574. The minimum absolute atomic E-state index is 0.574. The predicted molar refractivity (Wildman–Crippen MR) is 103 cm³/mol. The molecule has 4 rings (SSSR count). The zero-order valence-corrected chi connectivity index (χ0v) is 15.3. The van der Waals surface area contributed by atoms with Crippen molar-refractivity contribution in [2.45, 2.75) is 12.8 Å². The van der Waals surface area contributed by atoms with Gasteiger partial charge in [-0.3, -0.25) is 4.40 Å². The Morgan fingerprint density at radius 2 is 1.85 bits per heavy atom. The van der Waals surface area contributed by atoms with Crippen LogP contribution in [0.25, 0.3) is 16.8 Å². The van der Waals surface area contributed by atoms with E-state index in [2.05, 4.69) is 33.4 Å². The van der Waals surface area contributed by atoms with E-state index in [4.69, 9.17) is 9.47 Å². The number of fused-ring (bicyclic) bond motifs is 1. The highest BCUT2D eigenvalue weighted by atomic mass is 16.5.